The van der Waals surface area contributed by atoms with Crippen molar-refractivity contribution in [3.8, 4) is 0 Å². The van der Waals surface area contributed by atoms with E-state index in [1.807, 2.05) is 32.4 Å². The van der Waals surface area contributed by atoms with Gasteiger partial charge in [0.25, 0.3) is 0 Å². The standard InChI is InChI=1S/C18H25N5O3S/c1-7-23-13(4)17(11(2)19-23)12(3)20-27(25,26)14-8-9-15-16(10-14)22(6)18(24)21(15)5/h8-10,12,20H,7H2,1-6H3. The van der Waals surface area contributed by atoms with Gasteiger partial charge < -0.3 is 0 Å². The van der Waals surface area contributed by atoms with Gasteiger partial charge in [-0.3, -0.25) is 13.8 Å². The van der Waals surface area contributed by atoms with Crippen molar-refractivity contribution in [3.05, 3.63) is 45.6 Å². The van der Waals surface area contributed by atoms with Crippen LogP contribution in [0.4, 0.5) is 0 Å². The fourth-order valence-corrected chi connectivity index (χ4v) is 4.89. The highest BCUT2D eigenvalue weighted by Crippen LogP contribution is 2.24. The van der Waals surface area contributed by atoms with E-state index in [-0.39, 0.29) is 10.6 Å². The average molecular weight is 391 g/mol. The van der Waals surface area contributed by atoms with Gasteiger partial charge >= 0.3 is 5.69 Å². The number of aromatic nitrogens is 4. The summed E-state index contributed by atoms with van der Waals surface area (Å²) in [5.41, 5.74) is 3.71. The molecule has 3 rings (SSSR count). The summed E-state index contributed by atoms with van der Waals surface area (Å²) in [6.07, 6.45) is 0. The Morgan fingerprint density at radius 1 is 1.15 bits per heavy atom. The van der Waals surface area contributed by atoms with E-state index < -0.39 is 16.1 Å². The van der Waals surface area contributed by atoms with Crippen molar-refractivity contribution < 1.29 is 8.42 Å². The number of aryl methyl sites for hydroxylation is 4. The molecule has 0 aliphatic rings. The Balaban J connectivity index is 2.00. The van der Waals surface area contributed by atoms with Gasteiger partial charge in [0.1, 0.15) is 0 Å². The van der Waals surface area contributed by atoms with Crippen LogP contribution >= 0.6 is 0 Å². The molecule has 0 bridgehead atoms. The van der Waals surface area contributed by atoms with Gasteiger partial charge in [-0.05, 0) is 45.9 Å². The van der Waals surface area contributed by atoms with E-state index in [0.717, 1.165) is 23.5 Å². The van der Waals surface area contributed by atoms with Gasteiger partial charge in [0.15, 0.2) is 0 Å². The topological polar surface area (TPSA) is 90.9 Å². The fourth-order valence-electron chi connectivity index (χ4n) is 3.66. The highest BCUT2D eigenvalue weighted by Gasteiger charge is 2.24. The van der Waals surface area contributed by atoms with E-state index in [2.05, 4.69) is 9.82 Å². The number of imidazole rings is 1. The Morgan fingerprint density at radius 2 is 1.78 bits per heavy atom. The molecule has 0 spiro atoms. The molecule has 1 aromatic carbocycles. The van der Waals surface area contributed by atoms with Crippen molar-refractivity contribution in [1.29, 1.82) is 0 Å². The highest BCUT2D eigenvalue weighted by molar-refractivity contribution is 7.89. The molecule has 1 atom stereocenters. The third kappa shape index (κ3) is 3.10. The lowest BCUT2D eigenvalue weighted by Gasteiger charge is -2.15. The SMILES string of the molecule is CCn1nc(C)c(C(C)NS(=O)(=O)c2ccc3c(c2)n(C)c(=O)n3C)c1C. The summed E-state index contributed by atoms with van der Waals surface area (Å²) in [6.45, 7) is 8.36. The molecule has 2 heterocycles. The number of fused-ring (bicyclic) bond motifs is 1. The summed E-state index contributed by atoms with van der Waals surface area (Å²) in [5, 5.41) is 4.46. The third-order valence-corrected chi connectivity index (χ3v) is 6.59. The van der Waals surface area contributed by atoms with Gasteiger partial charge in [-0.25, -0.2) is 17.9 Å². The molecule has 0 aliphatic carbocycles. The number of benzene rings is 1. The Kier molecular flexibility index (Phi) is 4.77. The molecule has 1 N–H and O–H groups in total. The molecule has 0 aliphatic heterocycles. The first-order valence-electron chi connectivity index (χ1n) is 8.80. The quantitative estimate of drug-likeness (QED) is 0.717. The number of sulfonamides is 1. The summed E-state index contributed by atoms with van der Waals surface area (Å²) in [4.78, 5) is 12.2. The van der Waals surface area contributed by atoms with Crippen LogP contribution in [0.1, 0.15) is 36.8 Å². The molecule has 2 aromatic heterocycles. The average Bonchev–Trinajstić information content (AvgIpc) is 3.02. The Hall–Kier alpha value is -2.39. The van der Waals surface area contributed by atoms with Crippen LogP contribution < -0.4 is 10.4 Å². The van der Waals surface area contributed by atoms with E-state index in [0.29, 0.717) is 11.0 Å². The molecule has 0 amide bonds. The summed E-state index contributed by atoms with van der Waals surface area (Å²) in [6, 6.07) is 4.28. The van der Waals surface area contributed by atoms with E-state index in [1.165, 1.54) is 21.3 Å². The van der Waals surface area contributed by atoms with E-state index in [4.69, 9.17) is 0 Å². The highest BCUT2D eigenvalue weighted by atomic mass is 32.2. The maximum atomic E-state index is 12.9. The minimum Gasteiger partial charge on any atom is -0.295 e. The lowest BCUT2D eigenvalue weighted by molar-refractivity contribution is 0.565. The molecule has 27 heavy (non-hydrogen) atoms. The van der Waals surface area contributed by atoms with Crippen LogP contribution in [0.3, 0.4) is 0 Å². The molecule has 9 heteroatoms. The second-order valence-corrected chi connectivity index (χ2v) is 8.51. The third-order valence-electron chi connectivity index (χ3n) is 5.06. The zero-order chi connectivity index (χ0) is 20.1. The van der Waals surface area contributed by atoms with E-state index in [1.54, 1.807) is 20.2 Å². The molecular weight excluding hydrogens is 366 g/mol. The fraction of sp³-hybridized carbons (Fsp3) is 0.444. The minimum atomic E-state index is -3.76. The molecule has 0 fully saturated rings. The monoisotopic (exact) mass is 391 g/mol. The summed E-state index contributed by atoms with van der Waals surface area (Å²) in [5.74, 6) is 0. The number of hydrogen-bond acceptors (Lipinski definition) is 4. The molecule has 0 saturated heterocycles. The predicted molar refractivity (Wildman–Crippen MR) is 104 cm³/mol. The molecule has 146 valence electrons. The van der Waals surface area contributed by atoms with Gasteiger partial charge in [0.2, 0.25) is 10.0 Å². The summed E-state index contributed by atoms with van der Waals surface area (Å²) < 4.78 is 33.4. The maximum absolute atomic E-state index is 12.9. The molecule has 0 saturated carbocycles. The number of nitrogens with one attached hydrogen (secondary N) is 1. The van der Waals surface area contributed by atoms with Gasteiger partial charge in [-0.2, -0.15) is 5.10 Å². The molecular formula is C18H25N5O3S. The number of rotatable bonds is 5. The zero-order valence-electron chi connectivity index (χ0n) is 16.4. The van der Waals surface area contributed by atoms with Crippen LogP contribution in [0.15, 0.2) is 27.9 Å². The second kappa shape index (κ2) is 6.65. The molecule has 8 nitrogen and oxygen atoms in total. The van der Waals surface area contributed by atoms with Crippen LogP contribution in [0.25, 0.3) is 11.0 Å². The van der Waals surface area contributed by atoms with Gasteiger partial charge in [-0.15, -0.1) is 0 Å². The van der Waals surface area contributed by atoms with Crippen LogP contribution in [0.2, 0.25) is 0 Å². The van der Waals surface area contributed by atoms with Crippen molar-refractivity contribution in [1.82, 2.24) is 23.6 Å². The van der Waals surface area contributed by atoms with E-state index >= 15 is 0 Å². The van der Waals surface area contributed by atoms with Crippen molar-refractivity contribution in [3.63, 3.8) is 0 Å². The maximum Gasteiger partial charge on any atom is 0.328 e. The van der Waals surface area contributed by atoms with Crippen LogP contribution in [0, 0.1) is 13.8 Å². The van der Waals surface area contributed by atoms with Crippen LogP contribution in [0.5, 0.6) is 0 Å². The van der Waals surface area contributed by atoms with Crippen molar-refractivity contribution in [2.45, 2.75) is 45.2 Å². The predicted octanol–water partition coefficient (Wildman–Crippen LogP) is 1.75. The summed E-state index contributed by atoms with van der Waals surface area (Å²) in [7, 11) is -0.471. The van der Waals surface area contributed by atoms with Crippen LogP contribution in [-0.4, -0.2) is 27.3 Å². The van der Waals surface area contributed by atoms with Crippen molar-refractivity contribution >= 4 is 21.1 Å². The van der Waals surface area contributed by atoms with Gasteiger partial charge in [0, 0.05) is 37.9 Å². The van der Waals surface area contributed by atoms with Gasteiger partial charge in [-0.1, -0.05) is 0 Å². The normalized spacial score (nSPS) is 13.4. The van der Waals surface area contributed by atoms with Crippen molar-refractivity contribution in [2.24, 2.45) is 14.1 Å². The van der Waals surface area contributed by atoms with Gasteiger partial charge in [0.05, 0.1) is 21.6 Å². The van der Waals surface area contributed by atoms with E-state index in [9.17, 15) is 13.2 Å². The second-order valence-electron chi connectivity index (χ2n) is 6.79. The molecule has 3 aromatic rings. The first-order chi connectivity index (χ1) is 12.6. The minimum absolute atomic E-state index is 0.126. The largest absolute Gasteiger partial charge is 0.328 e. The lowest BCUT2D eigenvalue weighted by atomic mass is 10.1. The molecule has 1 unspecified atom stereocenters. The zero-order valence-corrected chi connectivity index (χ0v) is 17.3. The Bertz CT molecular complexity index is 1180. The molecule has 0 radical (unpaired) electrons. The first-order valence-corrected chi connectivity index (χ1v) is 10.3. The number of hydrogen-bond donors (Lipinski definition) is 1. The first kappa shape index (κ1) is 19.4. The Morgan fingerprint density at radius 3 is 2.37 bits per heavy atom. The number of nitrogens with zero attached hydrogens (tertiary/aromatic N) is 4. The van der Waals surface area contributed by atoms with Crippen LogP contribution in [-0.2, 0) is 30.7 Å². The smallest absolute Gasteiger partial charge is 0.295 e. The Labute approximate surface area is 158 Å². The van der Waals surface area contributed by atoms with Crippen molar-refractivity contribution in [2.75, 3.05) is 0 Å². The lowest BCUT2D eigenvalue weighted by Crippen LogP contribution is -2.27. The summed E-state index contributed by atoms with van der Waals surface area (Å²) >= 11 is 0.